The zero-order valence-corrected chi connectivity index (χ0v) is 17.0. The van der Waals surface area contributed by atoms with Crippen molar-refractivity contribution in [3.63, 3.8) is 0 Å². The topological polar surface area (TPSA) is 71.7 Å². The second-order valence-corrected chi connectivity index (χ2v) is 7.90. The number of hydrogen-bond donors (Lipinski definition) is 1. The maximum absolute atomic E-state index is 13.1. The Hall–Kier alpha value is -3.33. The van der Waals surface area contributed by atoms with Crippen molar-refractivity contribution in [3.8, 4) is 5.75 Å². The van der Waals surface area contributed by atoms with Crippen LogP contribution in [0.25, 0.3) is 10.9 Å². The van der Waals surface area contributed by atoms with Crippen LogP contribution in [0.5, 0.6) is 5.75 Å². The molecule has 162 valence electrons. The lowest BCUT2D eigenvalue weighted by Gasteiger charge is -2.28. The Labute approximate surface area is 177 Å². The van der Waals surface area contributed by atoms with E-state index >= 15 is 0 Å². The van der Waals surface area contributed by atoms with E-state index in [1.165, 1.54) is 24.3 Å². The second-order valence-electron chi connectivity index (χ2n) is 7.90. The fourth-order valence-corrected chi connectivity index (χ4v) is 3.76. The number of ether oxygens (including phenoxy) is 1. The van der Waals surface area contributed by atoms with Crippen LogP contribution in [0.3, 0.4) is 0 Å². The number of anilines is 2. The van der Waals surface area contributed by atoms with Gasteiger partial charge >= 0.3 is 6.36 Å². The highest BCUT2D eigenvalue weighted by atomic mass is 19.4. The maximum atomic E-state index is 13.1. The summed E-state index contributed by atoms with van der Waals surface area (Å²) in [4.78, 5) is 21.0. The average Bonchev–Trinajstić information content (AvgIpc) is 2.91. The number of halogens is 3. The minimum absolute atomic E-state index is 0.150. The van der Waals surface area contributed by atoms with Crippen LogP contribution >= 0.6 is 0 Å². The van der Waals surface area contributed by atoms with Crippen molar-refractivity contribution in [2.75, 3.05) is 17.3 Å². The molecule has 0 aliphatic carbocycles. The van der Waals surface area contributed by atoms with Gasteiger partial charge in [-0.2, -0.15) is 0 Å². The number of hydrogen-bond acceptors (Lipinski definition) is 5. The van der Waals surface area contributed by atoms with Crippen molar-refractivity contribution in [2.24, 2.45) is 0 Å². The zero-order valence-electron chi connectivity index (χ0n) is 17.0. The van der Waals surface area contributed by atoms with Crippen molar-refractivity contribution in [3.05, 3.63) is 60.2 Å². The summed E-state index contributed by atoms with van der Waals surface area (Å²) in [7, 11) is 0. The molecule has 0 unspecified atom stereocenters. The van der Waals surface area contributed by atoms with Crippen LogP contribution in [0.15, 0.2) is 54.6 Å². The number of aromatic nitrogens is 1. The minimum Gasteiger partial charge on any atom is -0.406 e. The zero-order chi connectivity index (χ0) is 22.4. The van der Waals surface area contributed by atoms with Gasteiger partial charge in [0.25, 0.3) is 0 Å². The number of nitrogen functional groups attached to an aromatic ring is 1. The molecule has 2 aromatic carbocycles. The molecule has 31 heavy (non-hydrogen) atoms. The van der Waals surface area contributed by atoms with Crippen LogP contribution in [0.4, 0.5) is 24.7 Å². The van der Waals surface area contributed by atoms with Gasteiger partial charge in [-0.3, -0.25) is 14.6 Å². The number of nitrogens with zero attached hydrogens (tertiary/aromatic N) is 3. The molecule has 6 nitrogen and oxygen atoms in total. The molecule has 0 radical (unpaired) electrons. The number of carbonyl (C=O) groups excluding carboxylic acids is 1. The van der Waals surface area contributed by atoms with E-state index in [9.17, 15) is 18.0 Å². The van der Waals surface area contributed by atoms with Crippen molar-refractivity contribution in [1.29, 1.82) is 0 Å². The van der Waals surface area contributed by atoms with Gasteiger partial charge in [0, 0.05) is 17.6 Å². The molecule has 1 saturated heterocycles. The summed E-state index contributed by atoms with van der Waals surface area (Å²) in [6, 6.07) is 14.7. The fraction of sp³-hybridized carbons (Fsp3) is 0.273. The number of para-hydroxylation sites is 1. The van der Waals surface area contributed by atoms with E-state index in [1.54, 1.807) is 11.0 Å². The third-order valence-electron chi connectivity index (χ3n) is 5.44. The lowest BCUT2D eigenvalue weighted by atomic mass is 10.0. The molecule has 0 spiro atoms. The predicted molar refractivity (Wildman–Crippen MR) is 111 cm³/mol. The first-order valence-corrected chi connectivity index (χ1v) is 9.61. The Kier molecular flexibility index (Phi) is 5.01. The first-order valence-electron chi connectivity index (χ1n) is 9.61. The van der Waals surface area contributed by atoms with Crippen molar-refractivity contribution >= 4 is 28.3 Å². The van der Waals surface area contributed by atoms with Gasteiger partial charge in [-0.05, 0) is 55.8 Å². The van der Waals surface area contributed by atoms with Crippen LogP contribution < -0.4 is 15.4 Å². The minimum atomic E-state index is -4.76. The summed E-state index contributed by atoms with van der Waals surface area (Å²) in [6.07, 6.45) is -4.76. The summed E-state index contributed by atoms with van der Waals surface area (Å²) in [5, 5.41) is 0.951. The van der Waals surface area contributed by atoms with Crippen LogP contribution in [-0.2, 0) is 11.3 Å². The van der Waals surface area contributed by atoms with E-state index in [-0.39, 0.29) is 18.3 Å². The summed E-state index contributed by atoms with van der Waals surface area (Å²) in [5.41, 5.74) is 7.37. The second kappa shape index (κ2) is 7.42. The SMILES string of the molecule is CC1(C)C(=O)N(c2ccc(OC(F)(F)F)cc2)CN1Cc1cc(N)nc2ccccc12. The summed E-state index contributed by atoms with van der Waals surface area (Å²) in [5.74, 6) is -0.0878. The van der Waals surface area contributed by atoms with Crippen LogP contribution in [0, 0.1) is 0 Å². The lowest BCUT2D eigenvalue weighted by molar-refractivity contribution is -0.274. The van der Waals surface area contributed by atoms with Gasteiger partial charge in [0.1, 0.15) is 11.6 Å². The predicted octanol–water partition coefficient (Wildman–Crippen LogP) is 4.30. The molecule has 3 aromatic rings. The highest BCUT2D eigenvalue weighted by Gasteiger charge is 2.46. The van der Waals surface area contributed by atoms with Gasteiger partial charge in [0.15, 0.2) is 0 Å². The number of carbonyl (C=O) groups is 1. The van der Waals surface area contributed by atoms with Gasteiger partial charge < -0.3 is 10.5 Å². The lowest BCUT2D eigenvalue weighted by Crippen LogP contribution is -2.43. The van der Waals surface area contributed by atoms with E-state index in [4.69, 9.17) is 5.73 Å². The van der Waals surface area contributed by atoms with Gasteiger partial charge in [-0.15, -0.1) is 13.2 Å². The van der Waals surface area contributed by atoms with E-state index in [2.05, 4.69) is 9.72 Å². The van der Waals surface area contributed by atoms with Gasteiger partial charge in [-0.25, -0.2) is 4.98 Å². The standard InChI is InChI=1S/C22H21F3N4O2/c1-21(2)20(30)29(15-7-9-16(10-8-15)31-22(23,24)25)13-28(21)12-14-11-19(26)27-18-6-4-3-5-17(14)18/h3-11H,12-13H2,1-2H3,(H2,26,27). The Bertz CT molecular complexity index is 1130. The molecule has 0 bridgehead atoms. The molecular weight excluding hydrogens is 409 g/mol. The van der Waals surface area contributed by atoms with E-state index in [0.717, 1.165) is 16.5 Å². The summed E-state index contributed by atoms with van der Waals surface area (Å²) >= 11 is 0. The Morgan fingerprint density at radius 3 is 2.48 bits per heavy atom. The van der Waals surface area contributed by atoms with Crippen molar-refractivity contribution in [1.82, 2.24) is 9.88 Å². The average molecular weight is 430 g/mol. The number of alkyl halides is 3. The third kappa shape index (κ3) is 4.13. The summed E-state index contributed by atoms with van der Waals surface area (Å²) < 4.78 is 41.1. The van der Waals surface area contributed by atoms with Crippen LogP contribution in [0.2, 0.25) is 0 Å². The monoisotopic (exact) mass is 430 g/mol. The van der Waals surface area contributed by atoms with Gasteiger partial charge in [0.2, 0.25) is 5.91 Å². The number of pyridine rings is 1. The van der Waals surface area contributed by atoms with Crippen LogP contribution in [-0.4, -0.2) is 34.4 Å². The molecule has 2 heterocycles. The number of amides is 1. The van der Waals surface area contributed by atoms with E-state index in [1.807, 2.05) is 43.0 Å². The molecule has 4 rings (SSSR count). The quantitative estimate of drug-likeness (QED) is 0.668. The van der Waals surface area contributed by atoms with Crippen molar-refractivity contribution in [2.45, 2.75) is 32.3 Å². The highest BCUT2D eigenvalue weighted by molar-refractivity contribution is 6.01. The fourth-order valence-electron chi connectivity index (χ4n) is 3.76. The molecule has 1 aliphatic heterocycles. The number of rotatable bonds is 4. The molecule has 9 heteroatoms. The summed E-state index contributed by atoms with van der Waals surface area (Å²) in [6.45, 7) is 4.38. The molecule has 1 amide bonds. The van der Waals surface area contributed by atoms with E-state index < -0.39 is 11.9 Å². The molecular formula is C22H21F3N4O2. The molecule has 0 atom stereocenters. The maximum Gasteiger partial charge on any atom is 0.573 e. The largest absolute Gasteiger partial charge is 0.573 e. The molecule has 2 N–H and O–H groups in total. The molecule has 0 saturated carbocycles. The Morgan fingerprint density at radius 2 is 1.81 bits per heavy atom. The van der Waals surface area contributed by atoms with Gasteiger partial charge in [0.05, 0.1) is 17.7 Å². The van der Waals surface area contributed by atoms with E-state index in [0.29, 0.717) is 18.1 Å². The van der Waals surface area contributed by atoms with Crippen molar-refractivity contribution < 1.29 is 22.7 Å². The molecule has 1 aromatic heterocycles. The molecule has 1 aliphatic rings. The number of nitrogens with two attached hydrogens (primary N) is 1. The highest BCUT2D eigenvalue weighted by Crippen LogP contribution is 2.34. The Morgan fingerprint density at radius 1 is 1.13 bits per heavy atom. The number of benzene rings is 2. The smallest absolute Gasteiger partial charge is 0.406 e. The first kappa shape index (κ1) is 20.9. The first-order chi connectivity index (χ1) is 14.5. The molecule has 1 fully saturated rings. The Balaban J connectivity index is 1.60. The number of fused-ring (bicyclic) bond motifs is 1. The van der Waals surface area contributed by atoms with Gasteiger partial charge in [-0.1, -0.05) is 18.2 Å². The van der Waals surface area contributed by atoms with Crippen LogP contribution in [0.1, 0.15) is 19.4 Å². The normalized spacial score (nSPS) is 16.8. The third-order valence-corrected chi connectivity index (χ3v) is 5.44.